The third kappa shape index (κ3) is 4.55. The molecule has 43 heavy (non-hydrogen) atoms. The van der Waals surface area contributed by atoms with Gasteiger partial charge in [-0.25, -0.2) is 18.4 Å². The molecule has 0 saturated heterocycles. The van der Waals surface area contributed by atoms with Gasteiger partial charge in [-0.15, -0.1) is 0 Å². The molecule has 0 bridgehead atoms. The van der Waals surface area contributed by atoms with E-state index in [9.17, 15) is 19.5 Å². The molecule has 0 amide bonds. The lowest BCUT2D eigenvalue weighted by atomic mass is 9.44. The molecule has 9 atom stereocenters. The molecular weight excluding hydrogens is 560 g/mol. The summed E-state index contributed by atoms with van der Waals surface area (Å²) in [5.74, 6) is -2.85. The van der Waals surface area contributed by atoms with Gasteiger partial charge in [-0.05, 0) is 87.3 Å². The van der Waals surface area contributed by atoms with Crippen LogP contribution in [0, 0.1) is 51.8 Å². The second-order valence-electron chi connectivity index (χ2n) is 14.2. The van der Waals surface area contributed by atoms with Gasteiger partial charge in [0.05, 0.1) is 6.10 Å². The number of nitrogens with zero attached hydrogens (tertiary/aromatic N) is 1. The van der Waals surface area contributed by atoms with E-state index in [-0.39, 0.29) is 30.9 Å². The number of rotatable bonds is 5. The Labute approximate surface area is 251 Å². The van der Waals surface area contributed by atoms with Crippen LogP contribution in [0.4, 0.5) is 13.6 Å². The van der Waals surface area contributed by atoms with Crippen molar-refractivity contribution >= 4 is 17.9 Å². The Morgan fingerprint density at radius 2 is 1.84 bits per heavy atom. The highest BCUT2D eigenvalue weighted by molar-refractivity contribution is 6.01. The summed E-state index contributed by atoms with van der Waals surface area (Å²) in [6.07, 6.45) is 1.57. The van der Waals surface area contributed by atoms with Gasteiger partial charge in [0, 0.05) is 22.7 Å². The monoisotopic (exact) mass is 603 g/mol. The summed E-state index contributed by atoms with van der Waals surface area (Å²) >= 11 is 0. The fraction of sp³-hybridized carbons (Fsp3) is 0.758. The van der Waals surface area contributed by atoms with Crippen LogP contribution < -0.4 is 0 Å². The second kappa shape index (κ2) is 11.0. The van der Waals surface area contributed by atoms with Crippen molar-refractivity contribution in [1.82, 2.24) is 0 Å². The van der Waals surface area contributed by atoms with Crippen molar-refractivity contribution in [3.05, 3.63) is 23.8 Å². The van der Waals surface area contributed by atoms with Gasteiger partial charge in [0.25, 0.3) is 0 Å². The van der Waals surface area contributed by atoms with E-state index in [1.807, 2.05) is 0 Å². The van der Waals surface area contributed by atoms with E-state index >= 15 is 8.78 Å². The number of esters is 1. The van der Waals surface area contributed by atoms with Gasteiger partial charge >= 0.3 is 12.1 Å². The summed E-state index contributed by atoms with van der Waals surface area (Å²) < 4.78 is 50.4. The molecule has 0 radical (unpaired) electrons. The van der Waals surface area contributed by atoms with Crippen molar-refractivity contribution in [2.24, 2.45) is 40.4 Å². The number of alkyl halides is 2. The van der Waals surface area contributed by atoms with Gasteiger partial charge in [0.1, 0.15) is 18.3 Å². The SMILES string of the molecule is CC(C)C1CCC(OC(=O)O[C@]2(C(=O)OCC#N)[C@H](C)C[C@H]3[C@@H]4C[C@H](F)C5=CC(=O)C=C[C@]5(C)[C@@]4(F)[C@@H](O)C[C@@]32C)CC1. The van der Waals surface area contributed by atoms with Crippen molar-refractivity contribution < 1.29 is 42.5 Å². The van der Waals surface area contributed by atoms with Gasteiger partial charge in [-0.3, -0.25) is 4.79 Å². The normalized spacial score (nSPS) is 45.3. The number of aliphatic hydroxyl groups is 1. The van der Waals surface area contributed by atoms with E-state index < -0.39 is 76.6 Å². The average Bonchev–Trinajstić information content (AvgIpc) is 3.16. The first-order valence-electron chi connectivity index (χ1n) is 15.6. The molecule has 5 rings (SSSR count). The van der Waals surface area contributed by atoms with Gasteiger partial charge in [-0.1, -0.05) is 33.8 Å². The zero-order valence-corrected chi connectivity index (χ0v) is 25.6. The molecular formula is C33H43F2NO7. The molecule has 8 nitrogen and oxygen atoms in total. The Kier molecular flexibility index (Phi) is 8.07. The maximum atomic E-state index is 17.6. The minimum atomic E-state index is -2.36. The zero-order valence-electron chi connectivity index (χ0n) is 25.6. The molecule has 0 unspecified atom stereocenters. The van der Waals surface area contributed by atoms with E-state index in [0.29, 0.717) is 24.7 Å². The van der Waals surface area contributed by atoms with E-state index in [1.165, 1.54) is 19.1 Å². The van der Waals surface area contributed by atoms with Crippen molar-refractivity contribution in [2.75, 3.05) is 6.61 Å². The summed E-state index contributed by atoms with van der Waals surface area (Å²) in [5.41, 5.74) is -7.33. The molecule has 10 heteroatoms. The first kappa shape index (κ1) is 31.6. The first-order valence-corrected chi connectivity index (χ1v) is 15.6. The number of halogens is 2. The Morgan fingerprint density at radius 3 is 2.47 bits per heavy atom. The van der Waals surface area contributed by atoms with Crippen LogP contribution in [0.15, 0.2) is 23.8 Å². The number of ketones is 1. The average molecular weight is 604 g/mol. The van der Waals surface area contributed by atoms with E-state index in [4.69, 9.17) is 19.5 Å². The summed E-state index contributed by atoms with van der Waals surface area (Å²) in [6, 6.07) is 1.76. The lowest BCUT2D eigenvalue weighted by molar-refractivity contribution is -0.234. The summed E-state index contributed by atoms with van der Waals surface area (Å²) in [4.78, 5) is 39.4. The predicted molar refractivity (Wildman–Crippen MR) is 151 cm³/mol. The van der Waals surface area contributed by atoms with Crippen LogP contribution in [0.2, 0.25) is 0 Å². The molecule has 1 N–H and O–H groups in total. The van der Waals surface area contributed by atoms with E-state index in [0.717, 1.165) is 18.9 Å². The molecule has 0 aromatic heterocycles. The molecule has 0 spiro atoms. The number of ether oxygens (including phenoxy) is 3. The molecule has 0 heterocycles. The fourth-order valence-electron chi connectivity index (χ4n) is 9.59. The van der Waals surface area contributed by atoms with Crippen LogP contribution in [-0.4, -0.2) is 59.3 Å². The van der Waals surface area contributed by atoms with Gasteiger partial charge in [-0.2, -0.15) is 5.26 Å². The number of allylic oxidation sites excluding steroid dienone is 4. The fourth-order valence-corrected chi connectivity index (χ4v) is 9.59. The number of fused-ring (bicyclic) bond motifs is 5. The second-order valence-corrected chi connectivity index (χ2v) is 14.2. The number of aliphatic hydroxyl groups excluding tert-OH is 1. The Morgan fingerprint density at radius 1 is 1.16 bits per heavy atom. The Balaban J connectivity index is 1.50. The number of hydrogen-bond acceptors (Lipinski definition) is 8. The minimum Gasteiger partial charge on any atom is -0.447 e. The third-order valence-corrected chi connectivity index (χ3v) is 11.9. The maximum Gasteiger partial charge on any atom is 0.509 e. The first-order chi connectivity index (χ1) is 20.2. The molecule has 5 aliphatic rings. The predicted octanol–water partition coefficient (Wildman–Crippen LogP) is 5.72. The smallest absolute Gasteiger partial charge is 0.447 e. The van der Waals surface area contributed by atoms with Crippen LogP contribution >= 0.6 is 0 Å². The van der Waals surface area contributed by atoms with Gasteiger partial charge < -0.3 is 19.3 Å². The Hall–Kier alpha value is -2.80. The van der Waals surface area contributed by atoms with Crippen LogP contribution in [0.1, 0.15) is 79.6 Å². The molecule has 4 saturated carbocycles. The van der Waals surface area contributed by atoms with Crippen LogP contribution in [0.5, 0.6) is 0 Å². The highest BCUT2D eigenvalue weighted by atomic mass is 19.1. The highest BCUT2D eigenvalue weighted by Gasteiger charge is 2.79. The van der Waals surface area contributed by atoms with Crippen LogP contribution in [0.3, 0.4) is 0 Å². The number of carbonyl (C=O) groups is 3. The maximum absolute atomic E-state index is 17.6. The quantitative estimate of drug-likeness (QED) is 0.396. The zero-order chi connectivity index (χ0) is 31.5. The van der Waals surface area contributed by atoms with E-state index in [2.05, 4.69) is 13.8 Å². The molecule has 0 aromatic carbocycles. The number of hydrogen-bond donors (Lipinski definition) is 1. The van der Waals surface area contributed by atoms with E-state index in [1.54, 1.807) is 19.9 Å². The van der Waals surface area contributed by atoms with Crippen molar-refractivity contribution in [2.45, 2.75) is 109 Å². The Bertz CT molecular complexity index is 1270. The van der Waals surface area contributed by atoms with Crippen molar-refractivity contribution in [3.8, 4) is 6.07 Å². The van der Waals surface area contributed by atoms with Gasteiger partial charge in [0.15, 0.2) is 18.1 Å². The number of carbonyl (C=O) groups excluding carboxylic acids is 3. The topological polar surface area (TPSA) is 123 Å². The molecule has 0 aromatic rings. The molecule has 0 aliphatic heterocycles. The largest absolute Gasteiger partial charge is 0.509 e. The van der Waals surface area contributed by atoms with Crippen LogP contribution in [0.25, 0.3) is 0 Å². The minimum absolute atomic E-state index is 0.000780. The standard InChI is InChI=1S/C33H43F2NO7/c1-18(2)20-6-8-22(9-7-20)42-29(40)43-33(28(39)41-13-12-36)19(3)14-23-24-16-26(34)25-15-21(37)10-11-30(25,4)32(24,35)27(38)17-31(23,33)5/h10-11,15,18-20,22-24,26-27,38H,6-9,13-14,16-17H2,1-5H3/t19-,20?,22?,23+,24+,26+,27+,30+,31+,32+,33+/m1/s1. The summed E-state index contributed by atoms with van der Waals surface area (Å²) in [6.45, 7) is 8.58. The van der Waals surface area contributed by atoms with Crippen LogP contribution in [-0.2, 0) is 23.8 Å². The molecule has 5 aliphatic carbocycles. The third-order valence-electron chi connectivity index (χ3n) is 11.9. The van der Waals surface area contributed by atoms with Crippen molar-refractivity contribution in [1.29, 1.82) is 5.26 Å². The lowest BCUT2D eigenvalue weighted by Crippen LogP contribution is -2.71. The lowest BCUT2D eigenvalue weighted by Gasteiger charge is -2.62. The number of nitriles is 1. The molecule has 4 fully saturated rings. The van der Waals surface area contributed by atoms with Crippen molar-refractivity contribution in [3.63, 3.8) is 0 Å². The molecule has 236 valence electrons. The summed E-state index contributed by atoms with van der Waals surface area (Å²) in [5, 5.41) is 20.8. The highest BCUT2D eigenvalue weighted by Crippen LogP contribution is 2.71. The van der Waals surface area contributed by atoms with Gasteiger partial charge in [0.2, 0.25) is 5.60 Å². The summed E-state index contributed by atoms with van der Waals surface area (Å²) in [7, 11) is 0.